The highest BCUT2D eigenvalue weighted by Crippen LogP contribution is 2.37. The fraction of sp³-hybridized carbons (Fsp3) is 0. The molecular formula is C18H11BrN4O2. The number of nitro benzene ring substituents is 1. The van der Waals surface area contributed by atoms with Gasteiger partial charge in [-0.1, -0.05) is 46.3 Å². The summed E-state index contributed by atoms with van der Waals surface area (Å²) in [5.41, 5.74) is 8.13. The monoisotopic (exact) mass is 394 g/mol. The fourth-order valence-electron chi connectivity index (χ4n) is 2.56. The Balaban J connectivity index is 2.31. The second-order valence-corrected chi connectivity index (χ2v) is 6.04. The van der Waals surface area contributed by atoms with Gasteiger partial charge in [0.25, 0.3) is 5.69 Å². The first-order chi connectivity index (χ1) is 12.0. The number of aromatic nitrogens is 1. The molecule has 0 fully saturated rings. The van der Waals surface area contributed by atoms with Gasteiger partial charge in [-0.3, -0.25) is 10.1 Å². The highest BCUT2D eigenvalue weighted by atomic mass is 79.9. The fourth-order valence-corrected chi connectivity index (χ4v) is 3.06. The molecule has 0 aliphatic carbocycles. The van der Waals surface area contributed by atoms with Crippen molar-refractivity contribution in [1.29, 1.82) is 5.26 Å². The summed E-state index contributed by atoms with van der Waals surface area (Å²) in [6.45, 7) is 0. The van der Waals surface area contributed by atoms with Gasteiger partial charge in [0.15, 0.2) is 0 Å². The number of hydrogen-bond donors (Lipinski definition) is 1. The van der Waals surface area contributed by atoms with Crippen molar-refractivity contribution in [3.05, 3.63) is 74.7 Å². The van der Waals surface area contributed by atoms with E-state index in [0.29, 0.717) is 16.8 Å². The van der Waals surface area contributed by atoms with E-state index in [1.54, 1.807) is 24.3 Å². The van der Waals surface area contributed by atoms with Crippen LogP contribution in [0.15, 0.2) is 59.1 Å². The molecule has 1 aromatic heterocycles. The van der Waals surface area contributed by atoms with Crippen LogP contribution in [0.2, 0.25) is 0 Å². The van der Waals surface area contributed by atoms with Gasteiger partial charge in [0, 0.05) is 16.1 Å². The number of pyridine rings is 1. The Morgan fingerprint density at radius 2 is 1.72 bits per heavy atom. The van der Waals surface area contributed by atoms with E-state index in [-0.39, 0.29) is 17.1 Å². The van der Waals surface area contributed by atoms with E-state index in [2.05, 4.69) is 27.0 Å². The third kappa shape index (κ3) is 3.07. The second kappa shape index (κ2) is 6.71. The highest BCUT2D eigenvalue weighted by Gasteiger charge is 2.20. The van der Waals surface area contributed by atoms with Crippen LogP contribution in [0.25, 0.3) is 22.4 Å². The smallest absolute Gasteiger partial charge is 0.278 e. The number of nitrogens with two attached hydrogens (primary N) is 1. The normalized spacial score (nSPS) is 10.2. The largest absolute Gasteiger partial charge is 0.383 e. The lowest BCUT2D eigenvalue weighted by molar-refractivity contribution is -0.384. The maximum atomic E-state index is 11.3. The number of hydrogen-bond acceptors (Lipinski definition) is 5. The van der Waals surface area contributed by atoms with E-state index < -0.39 is 4.92 Å². The maximum Gasteiger partial charge on any atom is 0.278 e. The van der Waals surface area contributed by atoms with E-state index in [4.69, 9.17) is 5.73 Å². The number of nitrogens with zero attached hydrogens (tertiary/aromatic N) is 3. The Kier molecular flexibility index (Phi) is 4.46. The molecule has 0 radical (unpaired) electrons. The lowest BCUT2D eigenvalue weighted by Gasteiger charge is -2.11. The van der Waals surface area contributed by atoms with Crippen molar-refractivity contribution >= 4 is 27.4 Å². The molecule has 0 atom stereocenters. The maximum absolute atomic E-state index is 11.3. The molecule has 3 rings (SSSR count). The zero-order valence-corrected chi connectivity index (χ0v) is 14.4. The predicted molar refractivity (Wildman–Crippen MR) is 98.6 cm³/mol. The number of nitriles is 1. The van der Waals surface area contributed by atoms with E-state index >= 15 is 0 Å². The van der Waals surface area contributed by atoms with Gasteiger partial charge in [-0.05, 0) is 23.8 Å². The van der Waals surface area contributed by atoms with Crippen molar-refractivity contribution in [2.45, 2.75) is 0 Å². The Hall–Kier alpha value is -3.24. The first-order valence-electron chi connectivity index (χ1n) is 7.22. The molecule has 2 aromatic carbocycles. The van der Waals surface area contributed by atoms with Gasteiger partial charge in [0.05, 0.1) is 16.2 Å². The Labute approximate surface area is 151 Å². The minimum Gasteiger partial charge on any atom is -0.383 e. The standard InChI is InChI=1S/C18H11BrN4O2/c19-15-7-3-1-5-11(15)13-9-16(22-18(21)14(13)10-20)12-6-2-4-8-17(12)23(24)25/h1-9H,(H2,21,22). The molecule has 0 amide bonds. The van der Waals surface area contributed by atoms with Crippen molar-refractivity contribution in [2.75, 3.05) is 5.73 Å². The molecular weight excluding hydrogens is 384 g/mol. The van der Waals surface area contributed by atoms with Crippen molar-refractivity contribution in [3.8, 4) is 28.5 Å². The molecule has 0 bridgehead atoms. The summed E-state index contributed by atoms with van der Waals surface area (Å²) in [5.74, 6) is 0.0314. The van der Waals surface area contributed by atoms with Crippen LogP contribution >= 0.6 is 15.9 Å². The van der Waals surface area contributed by atoms with Crippen molar-refractivity contribution in [1.82, 2.24) is 4.98 Å². The van der Waals surface area contributed by atoms with Crippen LogP contribution in [0.3, 0.4) is 0 Å². The summed E-state index contributed by atoms with van der Waals surface area (Å²) in [5, 5.41) is 20.8. The predicted octanol–water partition coefficient (Wildman–Crippen LogP) is 4.54. The molecule has 122 valence electrons. The second-order valence-electron chi connectivity index (χ2n) is 5.18. The summed E-state index contributed by atoms with van der Waals surface area (Å²) in [6, 6.07) is 17.4. The molecule has 0 saturated carbocycles. The summed E-state index contributed by atoms with van der Waals surface area (Å²) in [6.07, 6.45) is 0. The number of anilines is 1. The zero-order chi connectivity index (χ0) is 18.0. The Bertz CT molecular complexity index is 1030. The number of benzene rings is 2. The van der Waals surface area contributed by atoms with Crippen LogP contribution in [0.5, 0.6) is 0 Å². The molecule has 0 aliphatic rings. The molecule has 6 nitrogen and oxygen atoms in total. The van der Waals surface area contributed by atoms with Crippen LogP contribution in [-0.4, -0.2) is 9.91 Å². The van der Waals surface area contributed by atoms with Gasteiger partial charge in [0.2, 0.25) is 0 Å². The highest BCUT2D eigenvalue weighted by molar-refractivity contribution is 9.10. The molecule has 1 heterocycles. The van der Waals surface area contributed by atoms with Crippen LogP contribution in [0.1, 0.15) is 5.56 Å². The summed E-state index contributed by atoms with van der Waals surface area (Å²) < 4.78 is 0.783. The molecule has 0 saturated heterocycles. The minimum absolute atomic E-state index is 0.0314. The van der Waals surface area contributed by atoms with Crippen LogP contribution < -0.4 is 5.73 Å². The average Bonchev–Trinajstić information content (AvgIpc) is 2.61. The lowest BCUT2D eigenvalue weighted by Crippen LogP contribution is -2.01. The molecule has 7 heteroatoms. The third-order valence-electron chi connectivity index (χ3n) is 3.70. The molecule has 0 spiro atoms. The molecule has 3 aromatic rings. The first-order valence-corrected chi connectivity index (χ1v) is 8.01. The van der Waals surface area contributed by atoms with Crippen LogP contribution in [0, 0.1) is 21.4 Å². The zero-order valence-electron chi connectivity index (χ0n) is 12.8. The number of para-hydroxylation sites is 1. The number of nitro groups is 1. The van der Waals surface area contributed by atoms with Crippen molar-refractivity contribution < 1.29 is 4.92 Å². The molecule has 2 N–H and O–H groups in total. The Morgan fingerprint density at radius 3 is 2.36 bits per heavy atom. The van der Waals surface area contributed by atoms with Crippen LogP contribution in [-0.2, 0) is 0 Å². The lowest BCUT2D eigenvalue weighted by atomic mass is 9.98. The van der Waals surface area contributed by atoms with E-state index in [9.17, 15) is 15.4 Å². The summed E-state index contributed by atoms with van der Waals surface area (Å²) >= 11 is 3.46. The van der Waals surface area contributed by atoms with Crippen LogP contribution in [0.4, 0.5) is 11.5 Å². The van der Waals surface area contributed by atoms with Gasteiger partial charge >= 0.3 is 0 Å². The van der Waals surface area contributed by atoms with E-state index in [0.717, 1.165) is 10.0 Å². The van der Waals surface area contributed by atoms with E-state index in [1.807, 2.05) is 24.3 Å². The average molecular weight is 395 g/mol. The Morgan fingerprint density at radius 1 is 1.08 bits per heavy atom. The van der Waals surface area contributed by atoms with Gasteiger partial charge in [-0.2, -0.15) is 5.26 Å². The van der Waals surface area contributed by atoms with Crippen molar-refractivity contribution in [3.63, 3.8) is 0 Å². The topological polar surface area (TPSA) is 106 Å². The molecule has 0 aliphatic heterocycles. The van der Waals surface area contributed by atoms with Crippen molar-refractivity contribution in [2.24, 2.45) is 0 Å². The van der Waals surface area contributed by atoms with E-state index in [1.165, 1.54) is 6.07 Å². The summed E-state index contributed by atoms with van der Waals surface area (Å²) in [4.78, 5) is 15.0. The quantitative estimate of drug-likeness (QED) is 0.518. The molecule has 25 heavy (non-hydrogen) atoms. The van der Waals surface area contributed by atoms with Gasteiger partial charge in [-0.25, -0.2) is 4.98 Å². The number of halogens is 1. The SMILES string of the molecule is N#Cc1c(-c2ccccc2Br)cc(-c2ccccc2[N+](=O)[O-])nc1N. The first kappa shape index (κ1) is 16.6. The number of rotatable bonds is 3. The van der Waals surface area contributed by atoms with Gasteiger partial charge in [-0.15, -0.1) is 0 Å². The minimum atomic E-state index is -0.469. The van der Waals surface area contributed by atoms with Gasteiger partial charge < -0.3 is 5.73 Å². The summed E-state index contributed by atoms with van der Waals surface area (Å²) in [7, 11) is 0. The number of nitrogen functional groups attached to an aromatic ring is 1. The third-order valence-corrected chi connectivity index (χ3v) is 4.39. The van der Waals surface area contributed by atoms with Gasteiger partial charge in [0.1, 0.15) is 17.5 Å². The molecule has 0 unspecified atom stereocenters.